The highest BCUT2D eigenvalue weighted by molar-refractivity contribution is 6.35. The van der Waals surface area contributed by atoms with Crippen LogP contribution in [0.25, 0.3) is 0 Å². The maximum Gasteiger partial charge on any atom is 0.146 e. The van der Waals surface area contributed by atoms with E-state index >= 15 is 0 Å². The normalized spacial score (nSPS) is 10.3. The van der Waals surface area contributed by atoms with Crippen LogP contribution >= 0.6 is 34.8 Å². The minimum absolute atomic E-state index is 0.390. The molecule has 88 valence electrons. The first-order valence-corrected chi connectivity index (χ1v) is 6.26. The van der Waals surface area contributed by atoms with Crippen LogP contribution in [0.15, 0.2) is 42.5 Å². The molecule has 0 saturated heterocycles. The lowest BCUT2D eigenvalue weighted by Gasteiger charge is -2.10. The first-order chi connectivity index (χ1) is 8.20. The van der Waals surface area contributed by atoms with Crippen LogP contribution in [0.4, 0.5) is 0 Å². The van der Waals surface area contributed by atoms with Crippen molar-refractivity contribution in [1.82, 2.24) is 0 Å². The van der Waals surface area contributed by atoms with Crippen LogP contribution in [-0.4, -0.2) is 0 Å². The molecular weight excluding hydrogens is 279 g/mol. The van der Waals surface area contributed by atoms with Crippen molar-refractivity contribution in [2.45, 2.75) is 5.88 Å². The third-order valence-corrected chi connectivity index (χ3v) is 3.05. The second-order valence-electron chi connectivity index (χ2n) is 3.42. The zero-order valence-electron chi connectivity index (χ0n) is 8.79. The molecule has 0 aromatic heterocycles. The highest BCUT2D eigenvalue weighted by Gasteiger charge is 2.06. The van der Waals surface area contributed by atoms with E-state index in [4.69, 9.17) is 39.5 Å². The van der Waals surface area contributed by atoms with Crippen molar-refractivity contribution in [3.8, 4) is 11.5 Å². The molecule has 0 amide bonds. The quantitative estimate of drug-likeness (QED) is 0.675. The van der Waals surface area contributed by atoms with Gasteiger partial charge in [-0.3, -0.25) is 0 Å². The van der Waals surface area contributed by atoms with Crippen molar-refractivity contribution in [2.24, 2.45) is 0 Å². The van der Waals surface area contributed by atoms with Crippen LogP contribution < -0.4 is 4.74 Å². The predicted molar refractivity (Wildman–Crippen MR) is 72.5 cm³/mol. The van der Waals surface area contributed by atoms with Crippen LogP contribution in [-0.2, 0) is 5.88 Å². The first-order valence-electron chi connectivity index (χ1n) is 4.97. The van der Waals surface area contributed by atoms with Gasteiger partial charge in [-0.05, 0) is 24.3 Å². The van der Waals surface area contributed by atoms with E-state index in [2.05, 4.69) is 0 Å². The van der Waals surface area contributed by atoms with Crippen LogP contribution in [0.2, 0.25) is 10.0 Å². The van der Waals surface area contributed by atoms with Gasteiger partial charge in [-0.1, -0.05) is 41.4 Å². The second kappa shape index (κ2) is 5.63. The van der Waals surface area contributed by atoms with Crippen molar-refractivity contribution in [3.63, 3.8) is 0 Å². The summed E-state index contributed by atoms with van der Waals surface area (Å²) in [5.41, 5.74) is 0.917. The van der Waals surface area contributed by atoms with Gasteiger partial charge in [-0.25, -0.2) is 0 Å². The van der Waals surface area contributed by atoms with Gasteiger partial charge >= 0.3 is 0 Å². The molecule has 4 heteroatoms. The smallest absolute Gasteiger partial charge is 0.146 e. The van der Waals surface area contributed by atoms with E-state index < -0.39 is 0 Å². The third-order valence-electron chi connectivity index (χ3n) is 2.23. The molecule has 2 aromatic rings. The molecule has 0 atom stereocenters. The van der Waals surface area contributed by atoms with E-state index in [1.807, 2.05) is 24.3 Å². The van der Waals surface area contributed by atoms with Gasteiger partial charge in [-0.2, -0.15) is 0 Å². The minimum atomic E-state index is 0.390. The summed E-state index contributed by atoms with van der Waals surface area (Å²) in [6.45, 7) is 0. The van der Waals surface area contributed by atoms with E-state index in [0.717, 1.165) is 5.56 Å². The average Bonchev–Trinajstić information content (AvgIpc) is 2.33. The molecule has 17 heavy (non-hydrogen) atoms. The molecule has 0 unspecified atom stereocenters. The molecule has 0 aliphatic heterocycles. The molecule has 1 nitrogen and oxygen atoms in total. The molecule has 0 saturated carbocycles. The van der Waals surface area contributed by atoms with Gasteiger partial charge in [0.15, 0.2) is 0 Å². The molecular formula is C13H9Cl3O. The minimum Gasteiger partial charge on any atom is -0.455 e. The van der Waals surface area contributed by atoms with E-state index in [-0.39, 0.29) is 0 Å². The number of alkyl halides is 1. The number of para-hydroxylation sites is 1. The van der Waals surface area contributed by atoms with Gasteiger partial charge in [0.1, 0.15) is 11.5 Å². The average molecular weight is 288 g/mol. The monoisotopic (exact) mass is 286 g/mol. The summed E-state index contributed by atoms with van der Waals surface area (Å²) >= 11 is 17.7. The van der Waals surface area contributed by atoms with Crippen molar-refractivity contribution >= 4 is 34.8 Å². The maximum atomic E-state index is 6.03. The van der Waals surface area contributed by atoms with Crippen LogP contribution in [0.1, 0.15) is 5.56 Å². The molecule has 0 spiro atoms. The Morgan fingerprint density at radius 1 is 0.941 bits per heavy atom. The highest BCUT2D eigenvalue weighted by Crippen LogP contribution is 2.33. The van der Waals surface area contributed by atoms with E-state index in [1.54, 1.807) is 18.2 Å². The Kier molecular flexibility index (Phi) is 4.16. The van der Waals surface area contributed by atoms with Gasteiger partial charge in [-0.15, -0.1) is 11.6 Å². The van der Waals surface area contributed by atoms with E-state index in [1.165, 1.54) is 0 Å². The van der Waals surface area contributed by atoms with Crippen LogP contribution in [0.5, 0.6) is 11.5 Å². The Morgan fingerprint density at radius 2 is 1.71 bits per heavy atom. The number of rotatable bonds is 3. The summed E-state index contributed by atoms with van der Waals surface area (Å²) in [5.74, 6) is 1.65. The van der Waals surface area contributed by atoms with Crippen LogP contribution in [0.3, 0.4) is 0 Å². The number of hydrogen-bond donors (Lipinski definition) is 0. The largest absolute Gasteiger partial charge is 0.455 e. The van der Waals surface area contributed by atoms with Gasteiger partial charge in [0, 0.05) is 10.6 Å². The predicted octanol–water partition coefficient (Wildman–Crippen LogP) is 5.52. The number of halogens is 3. The standard InChI is InChI=1S/C13H9Cl3O/c14-8-9-3-1-2-4-12(9)17-13-6-5-10(15)7-11(13)16/h1-7H,8H2. The third kappa shape index (κ3) is 3.06. The zero-order chi connectivity index (χ0) is 12.3. The summed E-state index contributed by atoms with van der Waals surface area (Å²) in [7, 11) is 0. The molecule has 0 aliphatic carbocycles. The lowest BCUT2D eigenvalue weighted by Crippen LogP contribution is -1.89. The van der Waals surface area contributed by atoms with Crippen LogP contribution in [0, 0.1) is 0 Å². The molecule has 2 aromatic carbocycles. The van der Waals surface area contributed by atoms with Crippen molar-refractivity contribution < 1.29 is 4.74 Å². The molecule has 0 bridgehead atoms. The highest BCUT2D eigenvalue weighted by atomic mass is 35.5. The van der Waals surface area contributed by atoms with Crippen molar-refractivity contribution in [1.29, 1.82) is 0 Å². The molecule has 0 N–H and O–H groups in total. The van der Waals surface area contributed by atoms with Gasteiger partial charge in [0.25, 0.3) is 0 Å². The van der Waals surface area contributed by atoms with Crippen molar-refractivity contribution in [2.75, 3.05) is 0 Å². The fourth-order valence-electron chi connectivity index (χ4n) is 1.39. The molecule has 2 rings (SSSR count). The summed E-state index contributed by atoms with van der Waals surface area (Å²) in [5, 5.41) is 1.05. The summed E-state index contributed by atoms with van der Waals surface area (Å²) in [4.78, 5) is 0. The number of benzene rings is 2. The second-order valence-corrected chi connectivity index (χ2v) is 4.53. The lowest BCUT2D eigenvalue weighted by molar-refractivity contribution is 0.478. The molecule has 0 fully saturated rings. The SMILES string of the molecule is ClCc1ccccc1Oc1ccc(Cl)cc1Cl. The fourth-order valence-corrected chi connectivity index (χ4v) is 2.06. The first kappa shape index (κ1) is 12.6. The van der Waals surface area contributed by atoms with Gasteiger partial charge in [0.05, 0.1) is 10.9 Å². The molecule has 0 radical (unpaired) electrons. The number of ether oxygens (including phenoxy) is 1. The van der Waals surface area contributed by atoms with E-state index in [9.17, 15) is 0 Å². The Bertz CT molecular complexity index is 526. The Hall–Kier alpha value is -0.890. The van der Waals surface area contributed by atoms with E-state index in [0.29, 0.717) is 27.4 Å². The Morgan fingerprint density at radius 3 is 2.41 bits per heavy atom. The van der Waals surface area contributed by atoms with Gasteiger partial charge in [0.2, 0.25) is 0 Å². The molecule has 0 heterocycles. The Labute approximate surface area is 115 Å². The molecule has 0 aliphatic rings. The summed E-state index contributed by atoms with van der Waals surface area (Å²) < 4.78 is 5.71. The topological polar surface area (TPSA) is 9.23 Å². The zero-order valence-corrected chi connectivity index (χ0v) is 11.1. The van der Waals surface area contributed by atoms with Gasteiger partial charge < -0.3 is 4.74 Å². The number of hydrogen-bond acceptors (Lipinski definition) is 1. The fraction of sp³-hybridized carbons (Fsp3) is 0.0769. The summed E-state index contributed by atoms with van der Waals surface area (Å²) in [6, 6.07) is 12.7. The summed E-state index contributed by atoms with van der Waals surface area (Å²) in [6.07, 6.45) is 0. The maximum absolute atomic E-state index is 6.03. The Balaban J connectivity index is 2.31. The van der Waals surface area contributed by atoms with Crippen molar-refractivity contribution in [3.05, 3.63) is 58.1 Å². The lowest BCUT2D eigenvalue weighted by atomic mass is 10.2.